The summed E-state index contributed by atoms with van der Waals surface area (Å²) in [6.45, 7) is 3.05. The van der Waals surface area contributed by atoms with Gasteiger partial charge in [-0.2, -0.15) is 13.2 Å². The van der Waals surface area contributed by atoms with Crippen molar-refractivity contribution in [2.24, 2.45) is 0 Å². The number of pyridine rings is 1. The lowest BCUT2D eigenvalue weighted by Crippen LogP contribution is -2.14. The van der Waals surface area contributed by atoms with Crippen LogP contribution < -0.4 is 10.6 Å². The highest BCUT2D eigenvalue weighted by molar-refractivity contribution is 5.35. The first kappa shape index (κ1) is 16.0. The average molecular weight is 311 g/mol. The summed E-state index contributed by atoms with van der Waals surface area (Å²) in [6.07, 6.45) is -0.920. The fourth-order valence-corrected chi connectivity index (χ4v) is 1.68. The minimum absolute atomic E-state index is 0.0247. The van der Waals surface area contributed by atoms with Gasteiger partial charge in [-0.25, -0.2) is 15.0 Å². The first-order chi connectivity index (χ1) is 10.4. The van der Waals surface area contributed by atoms with E-state index in [1.165, 1.54) is 0 Å². The van der Waals surface area contributed by atoms with Crippen LogP contribution in [-0.4, -0.2) is 28.0 Å². The largest absolute Gasteiger partial charge is 0.433 e. The summed E-state index contributed by atoms with van der Waals surface area (Å²) >= 11 is 0. The molecule has 2 aromatic heterocycles. The third-order valence-corrected chi connectivity index (χ3v) is 2.80. The van der Waals surface area contributed by atoms with Crippen molar-refractivity contribution in [2.75, 3.05) is 23.7 Å². The van der Waals surface area contributed by atoms with Crippen LogP contribution in [0, 0.1) is 6.92 Å². The van der Waals surface area contributed by atoms with Crippen LogP contribution >= 0.6 is 0 Å². The van der Waals surface area contributed by atoms with E-state index in [2.05, 4.69) is 25.6 Å². The van der Waals surface area contributed by atoms with Crippen LogP contribution in [0.25, 0.3) is 0 Å². The zero-order valence-corrected chi connectivity index (χ0v) is 12.0. The van der Waals surface area contributed by atoms with E-state index in [4.69, 9.17) is 0 Å². The molecular formula is C14H16F3N5. The second kappa shape index (κ2) is 7.06. The van der Waals surface area contributed by atoms with Gasteiger partial charge in [0, 0.05) is 25.5 Å². The van der Waals surface area contributed by atoms with Crippen LogP contribution in [0.1, 0.15) is 17.7 Å². The summed E-state index contributed by atoms with van der Waals surface area (Å²) in [5.74, 6) is 0.740. The highest BCUT2D eigenvalue weighted by Gasteiger charge is 2.32. The maximum Gasteiger partial charge on any atom is 0.433 e. The summed E-state index contributed by atoms with van der Waals surface area (Å²) in [7, 11) is 0. The number of rotatable bonds is 6. The second-order valence-corrected chi connectivity index (χ2v) is 4.69. The minimum Gasteiger partial charge on any atom is -0.370 e. The van der Waals surface area contributed by atoms with Crippen LogP contribution in [0.4, 0.5) is 24.9 Å². The van der Waals surface area contributed by atoms with Gasteiger partial charge >= 0.3 is 6.18 Å². The first-order valence-corrected chi connectivity index (χ1v) is 6.76. The van der Waals surface area contributed by atoms with Gasteiger partial charge in [0.2, 0.25) is 5.95 Å². The molecule has 0 unspecified atom stereocenters. The van der Waals surface area contributed by atoms with E-state index in [1.807, 2.05) is 19.1 Å². The summed E-state index contributed by atoms with van der Waals surface area (Å²) in [4.78, 5) is 11.4. The summed E-state index contributed by atoms with van der Waals surface area (Å²) in [5, 5.41) is 5.89. The average Bonchev–Trinajstić information content (AvgIpc) is 2.48. The highest BCUT2D eigenvalue weighted by Crippen LogP contribution is 2.27. The van der Waals surface area contributed by atoms with Crippen molar-refractivity contribution in [1.82, 2.24) is 15.0 Å². The normalized spacial score (nSPS) is 11.3. The zero-order chi connectivity index (χ0) is 16.0. The summed E-state index contributed by atoms with van der Waals surface area (Å²) < 4.78 is 37.5. The Hall–Kier alpha value is -2.38. The Morgan fingerprint density at radius 1 is 1.05 bits per heavy atom. The number of nitrogens with zero attached hydrogens (tertiary/aromatic N) is 3. The van der Waals surface area contributed by atoms with Gasteiger partial charge in [-0.1, -0.05) is 6.07 Å². The Bertz CT molecular complexity index is 598. The molecule has 0 fully saturated rings. The number of alkyl halides is 3. The molecule has 2 N–H and O–H groups in total. The molecule has 0 amide bonds. The van der Waals surface area contributed by atoms with Gasteiger partial charge in [-0.3, -0.25) is 0 Å². The maximum atomic E-state index is 12.5. The van der Waals surface area contributed by atoms with E-state index < -0.39 is 11.9 Å². The number of hydrogen-bond acceptors (Lipinski definition) is 5. The number of aromatic nitrogens is 3. The van der Waals surface area contributed by atoms with E-state index >= 15 is 0 Å². The molecule has 0 spiro atoms. The Kier molecular flexibility index (Phi) is 5.13. The van der Waals surface area contributed by atoms with E-state index in [9.17, 15) is 13.2 Å². The molecule has 2 aromatic rings. The molecule has 118 valence electrons. The van der Waals surface area contributed by atoms with Crippen molar-refractivity contribution in [3.63, 3.8) is 0 Å². The second-order valence-electron chi connectivity index (χ2n) is 4.69. The van der Waals surface area contributed by atoms with Gasteiger partial charge in [0.25, 0.3) is 0 Å². The van der Waals surface area contributed by atoms with Crippen molar-refractivity contribution in [2.45, 2.75) is 19.5 Å². The molecule has 2 heterocycles. The van der Waals surface area contributed by atoms with E-state index in [1.54, 1.807) is 6.20 Å². The molecular weight excluding hydrogens is 295 g/mol. The number of anilines is 2. The quantitative estimate of drug-likeness (QED) is 0.803. The van der Waals surface area contributed by atoms with Crippen LogP contribution in [0.2, 0.25) is 0 Å². The van der Waals surface area contributed by atoms with E-state index in [0.29, 0.717) is 19.5 Å². The van der Waals surface area contributed by atoms with Crippen LogP contribution in [0.3, 0.4) is 0 Å². The summed E-state index contributed by atoms with van der Waals surface area (Å²) in [6, 6.07) is 4.67. The van der Waals surface area contributed by atoms with Crippen molar-refractivity contribution >= 4 is 11.8 Å². The molecule has 0 aliphatic rings. The minimum atomic E-state index is -4.46. The molecule has 0 bridgehead atoms. The van der Waals surface area contributed by atoms with Gasteiger partial charge in [-0.05, 0) is 31.0 Å². The highest BCUT2D eigenvalue weighted by atomic mass is 19.4. The number of nitrogens with one attached hydrogen (secondary N) is 2. The monoisotopic (exact) mass is 311 g/mol. The third kappa shape index (κ3) is 4.87. The number of aryl methyl sites for hydroxylation is 1. The molecule has 0 aliphatic heterocycles. The van der Waals surface area contributed by atoms with Crippen molar-refractivity contribution in [3.8, 4) is 0 Å². The van der Waals surface area contributed by atoms with Crippen molar-refractivity contribution < 1.29 is 13.2 Å². The standard InChI is InChI=1S/C14H16F3N5/c1-10-3-4-12(21-9-10)18-6-2-7-19-13-20-8-5-11(22-13)14(15,16)17/h3-5,8-9H,2,6-7H2,1H3,(H,18,21)(H,19,20,22). The molecule has 0 aromatic carbocycles. The Morgan fingerprint density at radius 2 is 1.82 bits per heavy atom. The molecule has 8 heteroatoms. The maximum absolute atomic E-state index is 12.5. The molecule has 2 rings (SSSR count). The number of hydrogen-bond donors (Lipinski definition) is 2. The Labute approximate surface area is 126 Å². The first-order valence-electron chi connectivity index (χ1n) is 6.76. The molecule has 5 nitrogen and oxygen atoms in total. The van der Waals surface area contributed by atoms with Crippen LogP contribution in [0.5, 0.6) is 0 Å². The van der Waals surface area contributed by atoms with Gasteiger partial charge < -0.3 is 10.6 Å². The Morgan fingerprint density at radius 3 is 2.50 bits per heavy atom. The fraction of sp³-hybridized carbons (Fsp3) is 0.357. The molecule has 0 saturated carbocycles. The van der Waals surface area contributed by atoms with Gasteiger partial charge in [-0.15, -0.1) is 0 Å². The van der Waals surface area contributed by atoms with Gasteiger partial charge in [0.15, 0.2) is 0 Å². The molecule has 0 saturated heterocycles. The molecule has 0 aliphatic carbocycles. The number of halogens is 3. The van der Waals surface area contributed by atoms with Crippen LogP contribution in [-0.2, 0) is 6.18 Å². The SMILES string of the molecule is Cc1ccc(NCCCNc2nccc(C(F)(F)F)n2)nc1. The lowest BCUT2D eigenvalue weighted by atomic mass is 10.3. The predicted octanol–water partition coefficient (Wildman–Crippen LogP) is 3.11. The van der Waals surface area contributed by atoms with E-state index in [-0.39, 0.29) is 5.95 Å². The van der Waals surface area contributed by atoms with Gasteiger partial charge in [0.05, 0.1) is 0 Å². The lowest BCUT2D eigenvalue weighted by molar-refractivity contribution is -0.141. The fourth-order valence-electron chi connectivity index (χ4n) is 1.68. The lowest BCUT2D eigenvalue weighted by Gasteiger charge is -2.09. The van der Waals surface area contributed by atoms with Crippen molar-refractivity contribution in [3.05, 3.63) is 41.9 Å². The van der Waals surface area contributed by atoms with Crippen molar-refractivity contribution in [1.29, 1.82) is 0 Å². The summed E-state index contributed by atoms with van der Waals surface area (Å²) in [5.41, 5.74) is 0.126. The van der Waals surface area contributed by atoms with E-state index in [0.717, 1.165) is 23.6 Å². The topological polar surface area (TPSA) is 62.7 Å². The molecule has 22 heavy (non-hydrogen) atoms. The Balaban J connectivity index is 1.74. The molecule has 0 radical (unpaired) electrons. The van der Waals surface area contributed by atoms with Gasteiger partial charge in [0.1, 0.15) is 11.5 Å². The van der Waals surface area contributed by atoms with Crippen LogP contribution in [0.15, 0.2) is 30.6 Å². The predicted molar refractivity (Wildman–Crippen MR) is 77.6 cm³/mol. The smallest absolute Gasteiger partial charge is 0.370 e. The molecule has 0 atom stereocenters. The zero-order valence-electron chi connectivity index (χ0n) is 12.0. The third-order valence-electron chi connectivity index (χ3n) is 2.80.